The number of piperazine rings is 1. The van der Waals surface area contributed by atoms with Gasteiger partial charge in [0.15, 0.2) is 0 Å². The molecule has 2 aliphatic rings. The SMILES string of the molecule is Cl.Cl.O=C(O)C(CCO)(Oc1ccccc1)N1CCN(C2CCNCC2)CC1. The fourth-order valence-corrected chi connectivity index (χ4v) is 4.01. The van der Waals surface area contributed by atoms with Crippen LogP contribution in [0.4, 0.5) is 0 Å². The fraction of sp³-hybridized carbons (Fsp3) is 0.632. The highest BCUT2D eigenvalue weighted by atomic mass is 35.5. The molecule has 0 aromatic heterocycles. The second-order valence-electron chi connectivity index (χ2n) is 6.98. The highest BCUT2D eigenvalue weighted by Crippen LogP contribution is 2.28. The Morgan fingerprint density at radius 1 is 1.11 bits per heavy atom. The quantitative estimate of drug-likeness (QED) is 0.597. The number of hydrogen-bond acceptors (Lipinski definition) is 6. The number of rotatable bonds is 7. The number of aliphatic carboxylic acids is 1. The van der Waals surface area contributed by atoms with Crippen molar-refractivity contribution in [2.24, 2.45) is 0 Å². The fourth-order valence-electron chi connectivity index (χ4n) is 4.01. The number of hydrogen-bond donors (Lipinski definition) is 3. The van der Waals surface area contributed by atoms with E-state index in [4.69, 9.17) is 4.74 Å². The van der Waals surface area contributed by atoms with Crippen molar-refractivity contribution in [2.75, 3.05) is 45.9 Å². The summed E-state index contributed by atoms with van der Waals surface area (Å²) in [6.45, 7) is 4.73. The van der Waals surface area contributed by atoms with Crippen LogP contribution >= 0.6 is 24.8 Å². The molecular weight excluding hydrogens is 405 g/mol. The zero-order chi connectivity index (χ0) is 18.4. The summed E-state index contributed by atoms with van der Waals surface area (Å²) >= 11 is 0. The van der Waals surface area contributed by atoms with E-state index in [1.807, 2.05) is 23.1 Å². The van der Waals surface area contributed by atoms with Crippen molar-refractivity contribution >= 4 is 30.8 Å². The van der Waals surface area contributed by atoms with Gasteiger partial charge < -0.3 is 20.3 Å². The maximum Gasteiger partial charge on any atom is 0.364 e. The van der Waals surface area contributed by atoms with Crippen LogP contribution in [0.1, 0.15) is 19.3 Å². The van der Waals surface area contributed by atoms with Crippen molar-refractivity contribution in [1.29, 1.82) is 0 Å². The molecule has 2 aliphatic heterocycles. The second kappa shape index (κ2) is 11.8. The molecule has 9 heteroatoms. The molecule has 1 unspecified atom stereocenters. The minimum absolute atomic E-state index is 0. The number of carboxylic acid groups (broad SMARTS) is 1. The standard InChI is InChI=1S/C19H29N3O4.2ClH/c23-15-8-19(18(24)25,26-17-4-2-1-3-5-17)22-13-11-21(12-14-22)16-6-9-20-10-7-16;;/h1-5,16,20,23H,6-15H2,(H,24,25);2*1H. The molecule has 0 saturated carbocycles. The maximum atomic E-state index is 12.2. The van der Waals surface area contributed by atoms with Gasteiger partial charge in [-0.05, 0) is 38.1 Å². The van der Waals surface area contributed by atoms with E-state index in [1.165, 1.54) is 0 Å². The predicted octanol–water partition coefficient (Wildman–Crippen LogP) is 1.44. The van der Waals surface area contributed by atoms with Crippen molar-refractivity contribution in [3.05, 3.63) is 30.3 Å². The van der Waals surface area contributed by atoms with E-state index < -0.39 is 11.7 Å². The van der Waals surface area contributed by atoms with Crippen LogP contribution in [0.5, 0.6) is 5.75 Å². The number of carbonyl (C=O) groups is 1. The van der Waals surface area contributed by atoms with E-state index >= 15 is 0 Å². The molecule has 0 bridgehead atoms. The Hall–Kier alpha value is -1.09. The van der Waals surface area contributed by atoms with E-state index in [0.717, 1.165) is 39.0 Å². The summed E-state index contributed by atoms with van der Waals surface area (Å²) < 4.78 is 5.96. The lowest BCUT2D eigenvalue weighted by atomic mass is 10.0. The Balaban J connectivity index is 0.00000196. The first-order valence-electron chi connectivity index (χ1n) is 9.44. The van der Waals surface area contributed by atoms with E-state index in [9.17, 15) is 15.0 Å². The number of ether oxygens (including phenoxy) is 1. The Morgan fingerprint density at radius 2 is 1.71 bits per heavy atom. The summed E-state index contributed by atoms with van der Waals surface area (Å²) in [5, 5.41) is 22.9. The van der Waals surface area contributed by atoms with Crippen molar-refractivity contribution in [3.8, 4) is 5.75 Å². The van der Waals surface area contributed by atoms with Crippen LogP contribution in [0, 0.1) is 0 Å². The highest BCUT2D eigenvalue weighted by Gasteiger charge is 2.48. The zero-order valence-electron chi connectivity index (χ0n) is 16.0. The molecule has 28 heavy (non-hydrogen) atoms. The monoisotopic (exact) mass is 435 g/mol. The van der Waals surface area contributed by atoms with Crippen LogP contribution < -0.4 is 10.1 Å². The molecule has 0 radical (unpaired) electrons. The van der Waals surface area contributed by atoms with Gasteiger partial charge in [-0.15, -0.1) is 24.8 Å². The summed E-state index contributed by atoms with van der Waals surface area (Å²) in [6.07, 6.45) is 2.31. The van der Waals surface area contributed by atoms with Crippen LogP contribution in [-0.4, -0.2) is 83.6 Å². The number of piperidine rings is 1. The molecule has 1 aromatic rings. The van der Waals surface area contributed by atoms with Gasteiger partial charge in [0.2, 0.25) is 0 Å². The minimum Gasteiger partial charge on any atom is -0.477 e. The van der Waals surface area contributed by atoms with Gasteiger partial charge in [-0.1, -0.05) is 18.2 Å². The molecule has 1 aromatic carbocycles. The van der Waals surface area contributed by atoms with E-state index in [0.29, 0.717) is 24.9 Å². The number of nitrogens with one attached hydrogen (secondary N) is 1. The summed E-state index contributed by atoms with van der Waals surface area (Å²) in [5.74, 6) is -0.546. The van der Waals surface area contributed by atoms with Crippen molar-refractivity contribution in [2.45, 2.75) is 31.0 Å². The normalized spacial score (nSPS) is 21.0. The predicted molar refractivity (Wildman–Crippen MR) is 113 cm³/mol. The highest BCUT2D eigenvalue weighted by molar-refractivity contribution is 5.85. The molecule has 3 rings (SSSR count). The van der Waals surface area contributed by atoms with E-state index in [2.05, 4.69) is 10.2 Å². The molecule has 3 N–H and O–H groups in total. The Morgan fingerprint density at radius 3 is 2.25 bits per heavy atom. The molecule has 0 aliphatic carbocycles. The first-order valence-corrected chi connectivity index (χ1v) is 9.44. The molecule has 2 fully saturated rings. The lowest BCUT2D eigenvalue weighted by Crippen LogP contribution is -2.65. The van der Waals surface area contributed by atoms with Gasteiger partial charge in [0, 0.05) is 45.2 Å². The Labute approximate surface area is 178 Å². The van der Waals surface area contributed by atoms with Gasteiger partial charge in [0.1, 0.15) is 5.75 Å². The summed E-state index contributed by atoms with van der Waals surface area (Å²) in [6, 6.07) is 9.57. The lowest BCUT2D eigenvalue weighted by molar-refractivity contribution is -0.183. The molecule has 2 saturated heterocycles. The van der Waals surface area contributed by atoms with Crippen molar-refractivity contribution < 1.29 is 19.7 Å². The third kappa shape index (κ3) is 5.72. The molecular formula is C19H31Cl2N3O4. The van der Waals surface area contributed by atoms with Crippen molar-refractivity contribution in [1.82, 2.24) is 15.1 Å². The third-order valence-corrected chi connectivity index (χ3v) is 5.46. The number of benzene rings is 1. The topological polar surface area (TPSA) is 85.3 Å². The smallest absolute Gasteiger partial charge is 0.364 e. The van der Waals surface area contributed by atoms with Gasteiger partial charge in [0.25, 0.3) is 5.72 Å². The number of halogens is 2. The van der Waals surface area contributed by atoms with E-state index in [-0.39, 0.29) is 37.8 Å². The number of aliphatic hydroxyl groups is 1. The van der Waals surface area contributed by atoms with Crippen LogP contribution in [0.25, 0.3) is 0 Å². The molecule has 1 atom stereocenters. The zero-order valence-corrected chi connectivity index (χ0v) is 17.6. The molecule has 0 spiro atoms. The molecule has 2 heterocycles. The maximum absolute atomic E-state index is 12.2. The van der Waals surface area contributed by atoms with Gasteiger partial charge in [0.05, 0.1) is 0 Å². The first kappa shape index (κ1) is 24.9. The lowest BCUT2D eigenvalue weighted by Gasteiger charge is -2.46. The molecule has 0 amide bonds. The first-order chi connectivity index (χ1) is 12.7. The number of para-hydroxylation sites is 1. The van der Waals surface area contributed by atoms with Crippen LogP contribution in [0.3, 0.4) is 0 Å². The number of aliphatic hydroxyl groups excluding tert-OH is 1. The molecule has 7 nitrogen and oxygen atoms in total. The van der Waals surface area contributed by atoms with Crippen LogP contribution in [0.2, 0.25) is 0 Å². The van der Waals surface area contributed by atoms with Gasteiger partial charge in [-0.2, -0.15) is 0 Å². The second-order valence-corrected chi connectivity index (χ2v) is 6.98. The summed E-state index contributed by atoms with van der Waals surface area (Å²) in [7, 11) is 0. The molecule has 160 valence electrons. The Kier molecular flexibility index (Phi) is 10.5. The average Bonchev–Trinajstić information content (AvgIpc) is 2.69. The number of nitrogens with zero attached hydrogens (tertiary/aromatic N) is 2. The summed E-state index contributed by atoms with van der Waals surface area (Å²) in [5.41, 5.74) is -1.53. The van der Waals surface area contributed by atoms with Gasteiger partial charge in [-0.3, -0.25) is 9.80 Å². The van der Waals surface area contributed by atoms with Crippen LogP contribution in [-0.2, 0) is 4.79 Å². The Bertz CT molecular complexity index is 582. The third-order valence-electron chi connectivity index (χ3n) is 5.46. The van der Waals surface area contributed by atoms with E-state index in [1.54, 1.807) is 12.1 Å². The number of carboxylic acids is 1. The van der Waals surface area contributed by atoms with Gasteiger partial charge in [-0.25, -0.2) is 4.79 Å². The van der Waals surface area contributed by atoms with Crippen LogP contribution in [0.15, 0.2) is 30.3 Å². The van der Waals surface area contributed by atoms with Crippen molar-refractivity contribution in [3.63, 3.8) is 0 Å². The van der Waals surface area contributed by atoms with Gasteiger partial charge >= 0.3 is 5.97 Å². The summed E-state index contributed by atoms with van der Waals surface area (Å²) in [4.78, 5) is 16.5. The minimum atomic E-state index is -1.53. The average molecular weight is 436 g/mol. The largest absolute Gasteiger partial charge is 0.477 e.